The van der Waals surface area contributed by atoms with Gasteiger partial charge in [0.1, 0.15) is 18.0 Å². The van der Waals surface area contributed by atoms with Crippen LogP contribution < -0.4 is 9.80 Å². The van der Waals surface area contributed by atoms with Gasteiger partial charge >= 0.3 is 6.18 Å². The van der Waals surface area contributed by atoms with Gasteiger partial charge < -0.3 is 9.80 Å². The van der Waals surface area contributed by atoms with Gasteiger partial charge in [0.25, 0.3) is 0 Å². The summed E-state index contributed by atoms with van der Waals surface area (Å²) in [5, 5.41) is 0. The summed E-state index contributed by atoms with van der Waals surface area (Å²) in [6, 6.07) is 2.90. The third-order valence-corrected chi connectivity index (χ3v) is 4.20. The second-order valence-corrected chi connectivity index (χ2v) is 5.92. The van der Waals surface area contributed by atoms with E-state index in [1.54, 1.807) is 6.20 Å². The minimum Gasteiger partial charge on any atom is -0.353 e. The van der Waals surface area contributed by atoms with Crippen molar-refractivity contribution < 1.29 is 13.2 Å². The predicted octanol–water partition coefficient (Wildman–Crippen LogP) is 2.98. The Hall–Kier alpha value is -1.90. The number of anilines is 2. The maximum atomic E-state index is 12.7. The third kappa shape index (κ3) is 3.54. The van der Waals surface area contributed by atoms with Gasteiger partial charge in [-0.05, 0) is 28.1 Å². The number of alkyl halides is 3. The minimum atomic E-state index is -4.39. The van der Waals surface area contributed by atoms with Crippen molar-refractivity contribution in [2.24, 2.45) is 0 Å². The molecule has 1 saturated heterocycles. The molecule has 0 aromatic carbocycles. The topological polar surface area (TPSA) is 45.2 Å². The Bertz CT molecular complexity index is 672. The number of piperazine rings is 1. The number of hydrogen-bond acceptors (Lipinski definition) is 5. The van der Waals surface area contributed by atoms with Gasteiger partial charge in [0.05, 0.1) is 10.0 Å². The lowest BCUT2D eigenvalue weighted by Gasteiger charge is -2.36. The fourth-order valence-corrected chi connectivity index (χ4v) is 3.04. The first kappa shape index (κ1) is 16.0. The summed E-state index contributed by atoms with van der Waals surface area (Å²) in [6.07, 6.45) is -0.338. The average molecular weight is 388 g/mol. The summed E-state index contributed by atoms with van der Waals surface area (Å²) in [5.74, 6) is 1.37. The molecule has 0 bridgehead atoms. The van der Waals surface area contributed by atoms with Gasteiger partial charge in [0.15, 0.2) is 0 Å². The van der Waals surface area contributed by atoms with Crippen molar-refractivity contribution in [3.8, 4) is 0 Å². The zero-order valence-corrected chi connectivity index (χ0v) is 13.5. The highest BCUT2D eigenvalue weighted by atomic mass is 79.9. The number of hydrogen-bond donors (Lipinski definition) is 0. The van der Waals surface area contributed by atoms with E-state index in [9.17, 15) is 13.2 Å². The largest absolute Gasteiger partial charge is 0.417 e. The van der Waals surface area contributed by atoms with Crippen LogP contribution in [0.3, 0.4) is 0 Å². The van der Waals surface area contributed by atoms with Crippen LogP contribution in [-0.2, 0) is 6.18 Å². The van der Waals surface area contributed by atoms with Gasteiger partial charge in [-0.15, -0.1) is 0 Å². The van der Waals surface area contributed by atoms with E-state index in [-0.39, 0.29) is 0 Å². The summed E-state index contributed by atoms with van der Waals surface area (Å²) < 4.78 is 38.4. The first-order valence-corrected chi connectivity index (χ1v) is 7.73. The third-order valence-electron chi connectivity index (χ3n) is 3.62. The maximum Gasteiger partial charge on any atom is 0.417 e. The van der Waals surface area contributed by atoms with E-state index in [4.69, 9.17) is 0 Å². The van der Waals surface area contributed by atoms with Crippen LogP contribution in [0.2, 0.25) is 0 Å². The van der Waals surface area contributed by atoms with Crippen molar-refractivity contribution >= 4 is 27.6 Å². The highest BCUT2D eigenvalue weighted by Gasteiger charge is 2.32. The molecule has 0 radical (unpaired) electrons. The molecule has 0 saturated carbocycles. The van der Waals surface area contributed by atoms with E-state index >= 15 is 0 Å². The van der Waals surface area contributed by atoms with Crippen LogP contribution in [0.5, 0.6) is 0 Å². The lowest BCUT2D eigenvalue weighted by Crippen LogP contribution is -2.47. The van der Waals surface area contributed by atoms with Crippen molar-refractivity contribution in [1.82, 2.24) is 15.0 Å². The minimum absolute atomic E-state index is 0.350. The smallest absolute Gasteiger partial charge is 0.353 e. The fourth-order valence-electron chi connectivity index (χ4n) is 2.44. The summed E-state index contributed by atoms with van der Waals surface area (Å²) in [7, 11) is 0. The molecule has 0 amide bonds. The van der Waals surface area contributed by atoms with E-state index in [1.807, 2.05) is 11.0 Å². The van der Waals surface area contributed by atoms with Gasteiger partial charge in [0, 0.05) is 38.6 Å². The Morgan fingerprint density at radius 1 is 1.04 bits per heavy atom. The fraction of sp³-hybridized carbons (Fsp3) is 0.357. The first-order chi connectivity index (χ1) is 10.9. The van der Waals surface area contributed by atoms with Gasteiger partial charge in [-0.25, -0.2) is 15.0 Å². The molecule has 3 heterocycles. The highest BCUT2D eigenvalue weighted by Crippen LogP contribution is 2.34. The summed E-state index contributed by atoms with van der Waals surface area (Å²) in [5.41, 5.74) is -0.757. The molecule has 0 unspecified atom stereocenters. The van der Waals surface area contributed by atoms with Crippen molar-refractivity contribution in [3.63, 3.8) is 0 Å². The molecule has 0 spiro atoms. The van der Waals surface area contributed by atoms with Gasteiger partial charge in [-0.3, -0.25) is 0 Å². The lowest BCUT2D eigenvalue weighted by molar-refractivity contribution is -0.137. The molecule has 0 aliphatic carbocycles. The van der Waals surface area contributed by atoms with E-state index < -0.39 is 11.7 Å². The van der Waals surface area contributed by atoms with Crippen molar-refractivity contribution in [2.75, 3.05) is 36.0 Å². The molecule has 0 N–H and O–H groups in total. The van der Waals surface area contributed by atoms with E-state index in [0.29, 0.717) is 36.5 Å². The molecule has 2 aromatic heterocycles. The van der Waals surface area contributed by atoms with Crippen LogP contribution in [0.4, 0.5) is 24.8 Å². The molecule has 1 fully saturated rings. The van der Waals surface area contributed by atoms with Gasteiger partial charge in [-0.2, -0.15) is 13.2 Å². The van der Waals surface area contributed by atoms with E-state index in [0.717, 1.165) is 18.1 Å². The predicted molar refractivity (Wildman–Crippen MR) is 83.4 cm³/mol. The standard InChI is InChI=1S/C14H13BrF3N5/c15-11-7-10(14(16,17)18)8-20-13(11)23-5-3-22(4-6-23)12-1-2-19-9-21-12/h1-2,7-9H,3-6H2. The second kappa shape index (κ2) is 6.31. The van der Waals surface area contributed by atoms with Gasteiger partial charge in [-0.1, -0.05) is 0 Å². The average Bonchev–Trinajstić information content (AvgIpc) is 2.55. The van der Waals surface area contributed by atoms with Crippen molar-refractivity contribution in [1.29, 1.82) is 0 Å². The number of nitrogens with zero attached hydrogens (tertiary/aromatic N) is 5. The van der Waals surface area contributed by atoms with E-state index in [2.05, 4.69) is 35.8 Å². The number of rotatable bonds is 2. The quantitative estimate of drug-likeness (QED) is 0.792. The molecule has 122 valence electrons. The Balaban J connectivity index is 1.71. The Kier molecular flexibility index (Phi) is 4.38. The zero-order valence-electron chi connectivity index (χ0n) is 12.0. The number of pyridine rings is 1. The van der Waals surface area contributed by atoms with Gasteiger partial charge in [0.2, 0.25) is 0 Å². The van der Waals surface area contributed by atoms with Crippen LogP contribution in [0.25, 0.3) is 0 Å². The van der Waals surface area contributed by atoms with Crippen LogP contribution in [0.15, 0.2) is 35.3 Å². The Morgan fingerprint density at radius 3 is 2.30 bits per heavy atom. The normalized spacial score (nSPS) is 15.8. The Morgan fingerprint density at radius 2 is 1.74 bits per heavy atom. The molecule has 0 atom stereocenters. The highest BCUT2D eigenvalue weighted by molar-refractivity contribution is 9.10. The second-order valence-electron chi connectivity index (χ2n) is 5.07. The molecular formula is C14H13BrF3N5. The summed E-state index contributed by atoms with van der Waals surface area (Å²) >= 11 is 3.20. The number of halogens is 4. The molecule has 5 nitrogen and oxygen atoms in total. The van der Waals surface area contributed by atoms with Crippen LogP contribution in [0.1, 0.15) is 5.56 Å². The molecule has 1 aliphatic heterocycles. The van der Waals surface area contributed by atoms with Crippen LogP contribution in [0, 0.1) is 0 Å². The zero-order chi connectivity index (χ0) is 16.4. The maximum absolute atomic E-state index is 12.7. The molecular weight excluding hydrogens is 375 g/mol. The first-order valence-electron chi connectivity index (χ1n) is 6.94. The number of aromatic nitrogens is 3. The molecule has 2 aromatic rings. The summed E-state index contributed by atoms with van der Waals surface area (Å²) in [6.45, 7) is 2.74. The van der Waals surface area contributed by atoms with Crippen LogP contribution >= 0.6 is 15.9 Å². The van der Waals surface area contributed by atoms with Crippen LogP contribution in [-0.4, -0.2) is 41.1 Å². The molecule has 23 heavy (non-hydrogen) atoms. The molecule has 3 rings (SSSR count). The monoisotopic (exact) mass is 387 g/mol. The molecule has 1 aliphatic rings. The SMILES string of the molecule is FC(F)(F)c1cnc(N2CCN(c3ccncn3)CC2)c(Br)c1. The van der Waals surface area contributed by atoms with Crippen molar-refractivity contribution in [3.05, 3.63) is 40.9 Å². The molecule has 9 heteroatoms. The Labute approximate surface area is 139 Å². The van der Waals surface area contributed by atoms with E-state index in [1.165, 1.54) is 6.33 Å². The lowest BCUT2D eigenvalue weighted by atomic mass is 10.2. The summed E-state index contributed by atoms with van der Waals surface area (Å²) in [4.78, 5) is 16.1. The van der Waals surface area contributed by atoms with Crippen molar-refractivity contribution in [2.45, 2.75) is 6.18 Å².